The van der Waals surface area contributed by atoms with Gasteiger partial charge in [0.2, 0.25) is 0 Å². The smallest absolute Gasteiger partial charge is 0.389 e. The number of unbranched alkanes of at least 4 members (excludes halogenated alkanes) is 1. The highest BCUT2D eigenvalue weighted by atomic mass is 19.4. The Bertz CT molecular complexity index is 519. The lowest BCUT2D eigenvalue weighted by atomic mass is 10.2. The van der Waals surface area contributed by atoms with Gasteiger partial charge < -0.3 is 20.1 Å². The van der Waals surface area contributed by atoms with Crippen LogP contribution < -0.4 is 20.1 Å². The first-order valence-electron chi connectivity index (χ1n) is 7.16. The van der Waals surface area contributed by atoms with Crippen LogP contribution in [0.3, 0.4) is 0 Å². The first kappa shape index (κ1) is 18.9. The Hall–Kier alpha value is -2.12. The molecular weight excluding hydrogens is 311 g/mol. The highest BCUT2D eigenvalue weighted by Gasteiger charge is 2.25. The van der Waals surface area contributed by atoms with Gasteiger partial charge in [0.25, 0.3) is 0 Å². The molecule has 130 valence electrons. The van der Waals surface area contributed by atoms with Gasteiger partial charge in [-0.15, -0.1) is 0 Å². The molecule has 0 heterocycles. The predicted octanol–water partition coefficient (Wildman–Crippen LogP) is 3.42. The number of nitrogens with one attached hydrogen (secondary N) is 2. The molecule has 0 spiro atoms. The second kappa shape index (κ2) is 9.12. The second-order valence-electron chi connectivity index (χ2n) is 4.77. The van der Waals surface area contributed by atoms with Crippen LogP contribution in [0.1, 0.15) is 19.3 Å². The van der Waals surface area contributed by atoms with Gasteiger partial charge in [0.05, 0.1) is 14.2 Å². The average molecular weight is 333 g/mol. The molecule has 1 aromatic carbocycles. The molecule has 0 aromatic heterocycles. The fraction of sp³-hybridized carbons (Fsp3) is 0.533. The van der Waals surface area contributed by atoms with Crippen molar-refractivity contribution in [2.75, 3.05) is 33.1 Å². The van der Waals surface area contributed by atoms with E-state index in [-0.39, 0.29) is 6.42 Å². The van der Waals surface area contributed by atoms with Crippen molar-refractivity contribution in [1.29, 1.82) is 0 Å². The molecule has 0 amide bonds. The lowest BCUT2D eigenvalue weighted by Crippen LogP contribution is -2.31. The second-order valence-corrected chi connectivity index (χ2v) is 4.77. The van der Waals surface area contributed by atoms with E-state index in [1.807, 2.05) is 0 Å². The predicted molar refractivity (Wildman–Crippen MR) is 84.4 cm³/mol. The van der Waals surface area contributed by atoms with Gasteiger partial charge in [-0.2, -0.15) is 13.2 Å². The summed E-state index contributed by atoms with van der Waals surface area (Å²) in [6.45, 7) is 0.406. The van der Waals surface area contributed by atoms with Crippen molar-refractivity contribution in [3.8, 4) is 11.5 Å². The standard InChI is InChI=1S/C15H22F3N3O2/c1-19-14(20-9-5-4-8-15(16,17)18)21-11-6-7-12(22-2)13(10-11)23-3/h6-7,10H,4-5,8-9H2,1-3H3,(H2,19,20,21). The quantitative estimate of drug-likeness (QED) is 0.456. The van der Waals surface area contributed by atoms with Crippen molar-refractivity contribution in [3.63, 3.8) is 0 Å². The number of rotatable bonds is 7. The number of benzene rings is 1. The minimum absolute atomic E-state index is 0.0872. The Kier molecular flexibility index (Phi) is 7.50. The fourth-order valence-corrected chi connectivity index (χ4v) is 1.89. The summed E-state index contributed by atoms with van der Waals surface area (Å²) < 4.78 is 46.5. The molecule has 5 nitrogen and oxygen atoms in total. The van der Waals surface area contributed by atoms with Gasteiger partial charge in [-0.25, -0.2) is 0 Å². The minimum Gasteiger partial charge on any atom is -0.493 e. The van der Waals surface area contributed by atoms with Crippen molar-refractivity contribution < 1.29 is 22.6 Å². The summed E-state index contributed by atoms with van der Waals surface area (Å²) in [5.74, 6) is 1.65. The molecular formula is C15H22F3N3O2. The summed E-state index contributed by atoms with van der Waals surface area (Å²) in [4.78, 5) is 4.03. The highest BCUT2D eigenvalue weighted by Crippen LogP contribution is 2.29. The van der Waals surface area contributed by atoms with Gasteiger partial charge in [-0.3, -0.25) is 4.99 Å². The van der Waals surface area contributed by atoms with Crippen molar-refractivity contribution in [2.24, 2.45) is 4.99 Å². The molecule has 0 radical (unpaired) electrons. The topological polar surface area (TPSA) is 54.9 Å². The summed E-state index contributed by atoms with van der Waals surface area (Å²) in [6, 6.07) is 5.28. The van der Waals surface area contributed by atoms with E-state index in [1.165, 1.54) is 7.11 Å². The first-order chi connectivity index (χ1) is 10.9. The molecule has 0 aliphatic carbocycles. The maximum absolute atomic E-state index is 12.0. The summed E-state index contributed by atoms with van der Waals surface area (Å²) in [5, 5.41) is 6.01. The van der Waals surface area contributed by atoms with Crippen molar-refractivity contribution >= 4 is 11.6 Å². The molecule has 0 aliphatic rings. The van der Waals surface area contributed by atoms with E-state index in [2.05, 4.69) is 15.6 Å². The average Bonchev–Trinajstić information content (AvgIpc) is 2.52. The van der Waals surface area contributed by atoms with Crippen LogP contribution in [0.5, 0.6) is 11.5 Å². The number of ether oxygens (including phenoxy) is 2. The number of anilines is 1. The zero-order valence-corrected chi connectivity index (χ0v) is 13.5. The van der Waals surface area contributed by atoms with Crippen LogP contribution in [0, 0.1) is 0 Å². The molecule has 0 bridgehead atoms. The van der Waals surface area contributed by atoms with Gasteiger partial charge in [0, 0.05) is 31.8 Å². The number of hydrogen-bond acceptors (Lipinski definition) is 3. The van der Waals surface area contributed by atoms with Gasteiger partial charge in [-0.05, 0) is 25.0 Å². The van der Waals surface area contributed by atoms with Crippen molar-refractivity contribution in [2.45, 2.75) is 25.4 Å². The molecule has 1 rings (SSSR count). The Morgan fingerprint density at radius 1 is 1.13 bits per heavy atom. The molecule has 2 N–H and O–H groups in total. The minimum atomic E-state index is -4.10. The van der Waals surface area contributed by atoms with Gasteiger partial charge in [0.15, 0.2) is 17.5 Å². The van der Waals surface area contributed by atoms with E-state index < -0.39 is 12.6 Å². The summed E-state index contributed by atoms with van der Waals surface area (Å²) >= 11 is 0. The van der Waals surface area contributed by atoms with Crippen molar-refractivity contribution in [3.05, 3.63) is 18.2 Å². The zero-order valence-electron chi connectivity index (χ0n) is 13.5. The number of methoxy groups -OCH3 is 2. The number of aliphatic imine (C=N–C) groups is 1. The van der Waals surface area contributed by atoms with E-state index in [0.717, 1.165) is 5.69 Å². The molecule has 23 heavy (non-hydrogen) atoms. The molecule has 0 aliphatic heterocycles. The van der Waals surface area contributed by atoms with E-state index in [9.17, 15) is 13.2 Å². The third-order valence-corrected chi connectivity index (χ3v) is 3.05. The van der Waals surface area contributed by atoms with Crippen LogP contribution in [0.2, 0.25) is 0 Å². The molecule has 1 aromatic rings. The molecule has 0 unspecified atom stereocenters. The summed E-state index contributed by atoms with van der Waals surface area (Å²) in [6.07, 6.45) is -4.37. The first-order valence-corrected chi connectivity index (χ1v) is 7.16. The highest BCUT2D eigenvalue weighted by molar-refractivity contribution is 5.93. The van der Waals surface area contributed by atoms with Crippen molar-refractivity contribution in [1.82, 2.24) is 5.32 Å². The van der Waals surface area contributed by atoms with Gasteiger partial charge in [0.1, 0.15) is 0 Å². The third kappa shape index (κ3) is 7.12. The number of halogens is 3. The van der Waals surface area contributed by atoms with E-state index in [4.69, 9.17) is 9.47 Å². The van der Waals surface area contributed by atoms with Crippen LogP contribution in [0.15, 0.2) is 23.2 Å². The monoisotopic (exact) mass is 333 g/mol. The molecule has 8 heteroatoms. The molecule has 0 atom stereocenters. The fourth-order valence-electron chi connectivity index (χ4n) is 1.89. The van der Waals surface area contributed by atoms with E-state index >= 15 is 0 Å². The lowest BCUT2D eigenvalue weighted by molar-refractivity contribution is -0.135. The van der Waals surface area contributed by atoms with Crippen LogP contribution in [0.4, 0.5) is 18.9 Å². The van der Waals surface area contributed by atoms with Crippen LogP contribution in [0.25, 0.3) is 0 Å². The maximum Gasteiger partial charge on any atom is 0.389 e. The Balaban J connectivity index is 2.48. The number of nitrogens with zero attached hydrogens (tertiary/aromatic N) is 1. The summed E-state index contributed by atoms with van der Waals surface area (Å²) in [5.41, 5.74) is 0.728. The van der Waals surface area contributed by atoms with Crippen LogP contribution in [-0.4, -0.2) is 39.9 Å². The van der Waals surface area contributed by atoms with Crippen LogP contribution in [-0.2, 0) is 0 Å². The Morgan fingerprint density at radius 2 is 1.83 bits per heavy atom. The number of alkyl halides is 3. The Labute approximate surface area is 133 Å². The third-order valence-electron chi connectivity index (χ3n) is 3.05. The lowest BCUT2D eigenvalue weighted by Gasteiger charge is -2.14. The molecule has 0 fully saturated rings. The molecule has 0 saturated carbocycles. The van der Waals surface area contributed by atoms with E-state index in [0.29, 0.717) is 30.4 Å². The molecule has 0 saturated heterocycles. The Morgan fingerprint density at radius 3 is 2.39 bits per heavy atom. The van der Waals surface area contributed by atoms with Gasteiger partial charge >= 0.3 is 6.18 Å². The maximum atomic E-state index is 12.0. The SMILES string of the molecule is CN=C(NCCCCC(F)(F)F)Nc1ccc(OC)c(OC)c1. The normalized spacial score (nSPS) is 12.0. The summed E-state index contributed by atoms with van der Waals surface area (Å²) in [7, 11) is 4.67. The zero-order chi connectivity index (χ0) is 17.3. The van der Waals surface area contributed by atoms with Gasteiger partial charge in [-0.1, -0.05) is 0 Å². The number of hydrogen-bond donors (Lipinski definition) is 2. The largest absolute Gasteiger partial charge is 0.493 e. The number of guanidine groups is 1. The van der Waals surface area contributed by atoms with Crippen LogP contribution >= 0.6 is 0 Å². The van der Waals surface area contributed by atoms with E-state index in [1.54, 1.807) is 32.4 Å².